The third-order valence-electron chi connectivity index (χ3n) is 6.89. The summed E-state index contributed by atoms with van der Waals surface area (Å²) in [5, 5.41) is 10.6. The first kappa shape index (κ1) is 24.3. The molecule has 2 aromatic heterocycles. The Balaban J connectivity index is 1.14. The van der Waals surface area contributed by atoms with E-state index in [4.69, 9.17) is 16.3 Å². The maximum absolute atomic E-state index is 13.0. The molecule has 0 saturated carbocycles. The van der Waals surface area contributed by atoms with Crippen LogP contribution in [0.1, 0.15) is 40.0 Å². The lowest BCUT2D eigenvalue weighted by Crippen LogP contribution is -2.43. The highest BCUT2D eigenvalue weighted by Crippen LogP contribution is 2.29. The van der Waals surface area contributed by atoms with Crippen LogP contribution in [-0.4, -0.2) is 64.0 Å². The summed E-state index contributed by atoms with van der Waals surface area (Å²) >= 11 is 6.26. The molecule has 1 fully saturated rings. The number of benzene rings is 1. The number of aromatic nitrogens is 3. The van der Waals surface area contributed by atoms with Crippen molar-refractivity contribution in [2.45, 2.75) is 32.5 Å². The average Bonchev–Trinajstić information content (AvgIpc) is 3.53. The van der Waals surface area contributed by atoms with E-state index in [-0.39, 0.29) is 17.7 Å². The molecule has 3 aromatic rings. The van der Waals surface area contributed by atoms with Crippen LogP contribution in [-0.2, 0) is 24.4 Å². The molecule has 0 atom stereocenters. The zero-order chi connectivity index (χ0) is 25.2. The first-order chi connectivity index (χ1) is 17.4. The average molecular weight is 509 g/mol. The smallest absolute Gasteiger partial charge is 0.271 e. The van der Waals surface area contributed by atoms with E-state index >= 15 is 0 Å². The van der Waals surface area contributed by atoms with Gasteiger partial charge >= 0.3 is 0 Å². The molecule has 0 unspecified atom stereocenters. The molecule has 2 N–H and O–H groups in total. The van der Waals surface area contributed by atoms with E-state index in [1.54, 1.807) is 17.0 Å². The Bertz CT molecular complexity index is 1280. The fourth-order valence-corrected chi connectivity index (χ4v) is 5.07. The van der Waals surface area contributed by atoms with Crippen molar-refractivity contribution in [2.24, 2.45) is 5.92 Å². The van der Waals surface area contributed by atoms with E-state index in [9.17, 15) is 9.59 Å². The van der Waals surface area contributed by atoms with Gasteiger partial charge in [-0.3, -0.25) is 19.6 Å². The van der Waals surface area contributed by atoms with E-state index < -0.39 is 0 Å². The van der Waals surface area contributed by atoms with Gasteiger partial charge in [0.15, 0.2) is 0 Å². The lowest BCUT2D eigenvalue weighted by Gasteiger charge is -2.31. The fraction of sp³-hybridized carbons (Fsp3) is 0.385. The molecule has 2 aliphatic heterocycles. The number of aromatic amines is 1. The Morgan fingerprint density at radius 1 is 1.17 bits per heavy atom. The van der Waals surface area contributed by atoms with Crippen LogP contribution >= 0.6 is 11.6 Å². The van der Waals surface area contributed by atoms with Crippen molar-refractivity contribution in [3.8, 4) is 17.1 Å². The second kappa shape index (κ2) is 10.3. The van der Waals surface area contributed by atoms with Crippen molar-refractivity contribution in [1.29, 1.82) is 0 Å². The number of likely N-dealkylation sites (tertiary alicyclic amines) is 1. The Hall–Kier alpha value is -3.43. The minimum Gasteiger partial charge on any atom is -0.481 e. The number of nitrogens with one attached hydrogen (secondary N) is 2. The second-order valence-electron chi connectivity index (χ2n) is 9.43. The zero-order valence-electron chi connectivity index (χ0n) is 20.4. The number of amides is 2. The van der Waals surface area contributed by atoms with Gasteiger partial charge in [-0.25, -0.2) is 4.98 Å². The molecule has 0 radical (unpaired) electrons. The third kappa shape index (κ3) is 5.08. The van der Waals surface area contributed by atoms with E-state index in [2.05, 4.69) is 50.6 Å². The summed E-state index contributed by atoms with van der Waals surface area (Å²) in [7, 11) is 3.63. The number of hydrogen-bond donors (Lipinski definition) is 2. The number of methoxy groups -OCH3 is 1. The second-order valence-corrected chi connectivity index (χ2v) is 9.84. The van der Waals surface area contributed by atoms with Crippen LogP contribution in [0.2, 0.25) is 5.02 Å². The van der Waals surface area contributed by atoms with Crippen LogP contribution in [0.25, 0.3) is 11.3 Å². The lowest BCUT2D eigenvalue weighted by molar-refractivity contribution is -0.126. The van der Waals surface area contributed by atoms with Crippen molar-refractivity contribution in [3.63, 3.8) is 0 Å². The van der Waals surface area contributed by atoms with Crippen molar-refractivity contribution < 1.29 is 14.3 Å². The van der Waals surface area contributed by atoms with Gasteiger partial charge < -0.3 is 15.0 Å². The molecule has 0 aliphatic carbocycles. The highest BCUT2D eigenvalue weighted by molar-refractivity contribution is 6.33. The molecule has 1 aromatic carbocycles. The number of pyridine rings is 1. The molecule has 2 amide bonds. The van der Waals surface area contributed by atoms with Crippen LogP contribution < -0.4 is 10.1 Å². The fourth-order valence-electron chi connectivity index (χ4n) is 4.87. The van der Waals surface area contributed by atoms with Gasteiger partial charge in [0, 0.05) is 50.3 Å². The summed E-state index contributed by atoms with van der Waals surface area (Å²) in [6.45, 7) is 3.48. The lowest BCUT2D eigenvalue weighted by atomic mass is 9.95. The monoisotopic (exact) mass is 508 g/mol. The SMILES string of the molecule is COc1cc(-c2cc(C(=O)N3CCC(C(=O)NCc4ccc5c(c4)CN(C)C5)CC3)[nH]n2)c(Cl)cn1. The maximum atomic E-state index is 13.0. The van der Waals surface area contributed by atoms with E-state index in [1.807, 2.05) is 0 Å². The first-order valence-electron chi connectivity index (χ1n) is 12.0. The van der Waals surface area contributed by atoms with Crippen molar-refractivity contribution in [2.75, 3.05) is 27.2 Å². The summed E-state index contributed by atoms with van der Waals surface area (Å²) < 4.78 is 5.16. The topological polar surface area (TPSA) is 103 Å². The predicted octanol–water partition coefficient (Wildman–Crippen LogP) is 3.25. The van der Waals surface area contributed by atoms with E-state index in [0.717, 1.165) is 18.7 Å². The van der Waals surface area contributed by atoms with Gasteiger partial charge in [0.1, 0.15) is 5.69 Å². The highest BCUT2D eigenvalue weighted by atomic mass is 35.5. The number of H-pyrrole nitrogens is 1. The summed E-state index contributed by atoms with van der Waals surface area (Å²) in [4.78, 5) is 33.9. The number of fused-ring (bicyclic) bond motifs is 1. The molecule has 9 nitrogen and oxygen atoms in total. The van der Waals surface area contributed by atoms with Gasteiger partial charge in [-0.2, -0.15) is 5.10 Å². The number of ether oxygens (including phenoxy) is 1. The van der Waals surface area contributed by atoms with Gasteiger partial charge in [-0.05, 0) is 42.6 Å². The van der Waals surface area contributed by atoms with E-state index in [0.29, 0.717) is 60.3 Å². The molecule has 5 rings (SSSR count). The predicted molar refractivity (Wildman–Crippen MR) is 135 cm³/mol. The van der Waals surface area contributed by atoms with E-state index in [1.165, 1.54) is 24.4 Å². The number of piperidine rings is 1. The molecular formula is C26H29ClN6O3. The molecule has 2 aliphatic rings. The van der Waals surface area contributed by atoms with Crippen molar-refractivity contribution in [3.05, 3.63) is 63.9 Å². The third-order valence-corrected chi connectivity index (χ3v) is 7.20. The number of carbonyl (C=O) groups is 2. The van der Waals surface area contributed by atoms with Crippen LogP contribution in [0.15, 0.2) is 36.5 Å². The quantitative estimate of drug-likeness (QED) is 0.530. The molecule has 1 saturated heterocycles. The van der Waals surface area contributed by atoms with Gasteiger partial charge in [0.25, 0.3) is 5.91 Å². The van der Waals surface area contributed by atoms with Crippen LogP contribution in [0, 0.1) is 5.92 Å². The van der Waals surface area contributed by atoms with Gasteiger partial charge in [-0.1, -0.05) is 29.8 Å². The number of carbonyl (C=O) groups excluding carboxylic acids is 2. The minimum atomic E-state index is -0.145. The zero-order valence-corrected chi connectivity index (χ0v) is 21.1. The number of rotatable bonds is 6. The first-order valence-corrected chi connectivity index (χ1v) is 12.4. The Kier molecular flexibility index (Phi) is 6.93. The van der Waals surface area contributed by atoms with Gasteiger partial charge in [0.05, 0.1) is 24.0 Å². The molecule has 4 heterocycles. The van der Waals surface area contributed by atoms with Crippen molar-refractivity contribution >= 4 is 23.4 Å². The Morgan fingerprint density at radius 3 is 2.72 bits per heavy atom. The summed E-state index contributed by atoms with van der Waals surface area (Å²) in [6, 6.07) is 9.79. The summed E-state index contributed by atoms with van der Waals surface area (Å²) in [6.07, 6.45) is 2.74. The molecule has 188 valence electrons. The van der Waals surface area contributed by atoms with Crippen molar-refractivity contribution in [1.82, 2.24) is 30.3 Å². The largest absolute Gasteiger partial charge is 0.481 e. The molecule has 0 spiro atoms. The van der Waals surface area contributed by atoms with Crippen LogP contribution in [0.3, 0.4) is 0 Å². The normalized spacial score (nSPS) is 16.1. The summed E-state index contributed by atoms with van der Waals surface area (Å²) in [5.41, 5.74) is 5.36. The van der Waals surface area contributed by atoms with Gasteiger partial charge in [-0.15, -0.1) is 0 Å². The molecule has 10 heteroatoms. The number of nitrogens with zero attached hydrogens (tertiary/aromatic N) is 4. The minimum absolute atomic E-state index is 0.0461. The highest BCUT2D eigenvalue weighted by Gasteiger charge is 2.29. The Morgan fingerprint density at radius 2 is 1.94 bits per heavy atom. The summed E-state index contributed by atoms with van der Waals surface area (Å²) in [5.74, 6) is 0.210. The number of halogens is 1. The molecular weight excluding hydrogens is 480 g/mol. The number of hydrogen-bond acceptors (Lipinski definition) is 6. The molecule has 0 bridgehead atoms. The maximum Gasteiger partial charge on any atom is 0.271 e. The Labute approximate surface area is 214 Å². The standard InChI is InChI=1S/C26H29ClN6O3/c1-32-14-18-4-3-16(9-19(18)15-32)12-29-25(34)17-5-7-33(8-6-17)26(35)23-11-22(30-31-23)20-10-24(36-2)28-13-21(20)27/h3-4,9-11,13,17H,5-8,12,14-15H2,1-2H3,(H,29,34)(H,30,31). The molecule has 36 heavy (non-hydrogen) atoms. The van der Waals surface area contributed by atoms with Crippen LogP contribution in [0.4, 0.5) is 0 Å². The van der Waals surface area contributed by atoms with Gasteiger partial charge in [0.2, 0.25) is 11.8 Å². The van der Waals surface area contributed by atoms with Crippen LogP contribution in [0.5, 0.6) is 5.88 Å².